The van der Waals surface area contributed by atoms with Crippen LogP contribution in [0.1, 0.15) is 35.2 Å². The highest BCUT2D eigenvalue weighted by atomic mass is 16.5. The molecule has 5 nitrogen and oxygen atoms in total. The molecule has 0 amide bonds. The second-order valence-corrected chi connectivity index (χ2v) is 3.94. The topological polar surface area (TPSA) is 71.7 Å². The van der Waals surface area contributed by atoms with E-state index in [0.29, 0.717) is 18.9 Å². The van der Waals surface area contributed by atoms with Gasteiger partial charge in [0, 0.05) is 25.3 Å². The summed E-state index contributed by atoms with van der Waals surface area (Å²) >= 11 is 0. The number of carbonyl (C=O) groups is 1. The van der Waals surface area contributed by atoms with Gasteiger partial charge in [-0.2, -0.15) is 0 Å². The van der Waals surface area contributed by atoms with Gasteiger partial charge >= 0.3 is 5.97 Å². The Kier molecular flexibility index (Phi) is 5.18. The fourth-order valence-electron chi connectivity index (χ4n) is 1.58. The summed E-state index contributed by atoms with van der Waals surface area (Å²) in [6, 6.07) is 1.83. The van der Waals surface area contributed by atoms with Crippen LogP contribution in [0.15, 0.2) is 10.5 Å². The smallest absolute Gasteiger partial charge is 0.371 e. The number of nitrogens with one attached hydrogen (secondary N) is 1. The molecule has 0 aromatic carbocycles. The number of methoxy groups -OCH3 is 1. The van der Waals surface area contributed by atoms with E-state index in [1.54, 1.807) is 20.1 Å². The summed E-state index contributed by atoms with van der Waals surface area (Å²) in [4.78, 5) is 10.7. The minimum absolute atomic E-state index is 0.0147. The molecule has 0 saturated heterocycles. The Labute approximate surface area is 101 Å². The molecule has 1 atom stereocenters. The lowest BCUT2D eigenvalue weighted by Gasteiger charge is -2.15. The van der Waals surface area contributed by atoms with Crippen LogP contribution in [0.4, 0.5) is 0 Å². The second kappa shape index (κ2) is 6.42. The van der Waals surface area contributed by atoms with Crippen molar-refractivity contribution in [2.24, 2.45) is 0 Å². The third kappa shape index (κ3) is 3.87. The van der Waals surface area contributed by atoms with Crippen LogP contribution in [0.2, 0.25) is 0 Å². The zero-order valence-electron chi connectivity index (χ0n) is 10.4. The molecule has 17 heavy (non-hydrogen) atoms. The minimum atomic E-state index is -1.04. The van der Waals surface area contributed by atoms with E-state index in [-0.39, 0.29) is 11.8 Å². The van der Waals surface area contributed by atoms with Crippen molar-refractivity contribution in [2.45, 2.75) is 32.9 Å². The van der Waals surface area contributed by atoms with Crippen molar-refractivity contribution in [3.8, 4) is 0 Å². The van der Waals surface area contributed by atoms with Gasteiger partial charge in [0.25, 0.3) is 0 Å². The van der Waals surface area contributed by atoms with Crippen LogP contribution < -0.4 is 5.32 Å². The van der Waals surface area contributed by atoms with Gasteiger partial charge in [-0.05, 0) is 19.4 Å². The summed E-state index contributed by atoms with van der Waals surface area (Å²) < 4.78 is 10.2. The molecule has 0 saturated carbocycles. The lowest BCUT2D eigenvalue weighted by atomic mass is 10.2. The van der Waals surface area contributed by atoms with Crippen molar-refractivity contribution in [3.05, 3.63) is 23.2 Å². The minimum Gasteiger partial charge on any atom is -0.475 e. The standard InChI is InChI=1S/C12H19NO4/c1-4-10(7-16-3)13-6-9-5-11(12(14)15)17-8(9)2/h5,10,13H,4,6-7H2,1-3H3,(H,14,15). The molecular weight excluding hydrogens is 222 g/mol. The molecule has 2 N–H and O–H groups in total. The number of rotatable bonds is 7. The van der Waals surface area contributed by atoms with Crippen molar-refractivity contribution in [3.63, 3.8) is 0 Å². The van der Waals surface area contributed by atoms with Crippen LogP contribution in [-0.4, -0.2) is 30.8 Å². The molecule has 0 bridgehead atoms. The lowest BCUT2D eigenvalue weighted by Crippen LogP contribution is -2.32. The SMILES string of the molecule is CCC(COC)NCc1cc(C(=O)O)oc1C. The fourth-order valence-corrected chi connectivity index (χ4v) is 1.58. The Bertz CT molecular complexity index is 373. The fraction of sp³-hybridized carbons (Fsp3) is 0.583. The summed E-state index contributed by atoms with van der Waals surface area (Å²) in [7, 11) is 1.66. The van der Waals surface area contributed by atoms with Gasteiger partial charge in [-0.15, -0.1) is 0 Å². The van der Waals surface area contributed by atoms with Gasteiger partial charge in [0.2, 0.25) is 5.76 Å². The number of aromatic carboxylic acids is 1. The van der Waals surface area contributed by atoms with Crippen LogP contribution in [0, 0.1) is 6.92 Å². The van der Waals surface area contributed by atoms with Crippen LogP contribution in [0.3, 0.4) is 0 Å². The van der Waals surface area contributed by atoms with Crippen LogP contribution >= 0.6 is 0 Å². The Morgan fingerprint density at radius 2 is 2.35 bits per heavy atom. The zero-order chi connectivity index (χ0) is 12.8. The molecule has 0 aliphatic rings. The van der Waals surface area contributed by atoms with Gasteiger partial charge in [-0.3, -0.25) is 0 Å². The van der Waals surface area contributed by atoms with E-state index in [1.807, 2.05) is 0 Å². The molecular formula is C12H19NO4. The largest absolute Gasteiger partial charge is 0.475 e. The summed E-state index contributed by atoms with van der Waals surface area (Å²) in [5.74, 6) is -0.412. The molecule has 0 spiro atoms. The van der Waals surface area contributed by atoms with Gasteiger partial charge in [0.1, 0.15) is 5.76 Å². The molecule has 0 fully saturated rings. The van der Waals surface area contributed by atoms with Crippen molar-refractivity contribution in [1.82, 2.24) is 5.32 Å². The highest BCUT2D eigenvalue weighted by Gasteiger charge is 2.14. The highest BCUT2D eigenvalue weighted by molar-refractivity contribution is 5.84. The van der Waals surface area contributed by atoms with Gasteiger partial charge in [-0.1, -0.05) is 6.92 Å². The third-order valence-electron chi connectivity index (χ3n) is 2.67. The van der Waals surface area contributed by atoms with E-state index < -0.39 is 5.97 Å². The maximum Gasteiger partial charge on any atom is 0.371 e. The van der Waals surface area contributed by atoms with E-state index >= 15 is 0 Å². The second-order valence-electron chi connectivity index (χ2n) is 3.94. The van der Waals surface area contributed by atoms with Crippen molar-refractivity contribution in [1.29, 1.82) is 0 Å². The maximum atomic E-state index is 10.7. The van der Waals surface area contributed by atoms with Crippen LogP contribution in [-0.2, 0) is 11.3 Å². The third-order valence-corrected chi connectivity index (χ3v) is 2.67. The van der Waals surface area contributed by atoms with Crippen molar-refractivity contribution >= 4 is 5.97 Å². The van der Waals surface area contributed by atoms with E-state index in [2.05, 4.69) is 12.2 Å². The monoisotopic (exact) mass is 241 g/mol. The van der Waals surface area contributed by atoms with E-state index in [0.717, 1.165) is 12.0 Å². The van der Waals surface area contributed by atoms with Gasteiger partial charge in [0.05, 0.1) is 6.61 Å². The predicted octanol–water partition coefficient (Wildman–Crippen LogP) is 1.80. The Hall–Kier alpha value is -1.33. The number of ether oxygens (including phenoxy) is 1. The average molecular weight is 241 g/mol. The molecule has 0 radical (unpaired) electrons. The Balaban J connectivity index is 2.59. The Morgan fingerprint density at radius 1 is 1.65 bits per heavy atom. The number of carboxylic acid groups (broad SMARTS) is 1. The van der Waals surface area contributed by atoms with Crippen molar-refractivity contribution in [2.75, 3.05) is 13.7 Å². The van der Waals surface area contributed by atoms with Crippen LogP contribution in [0.5, 0.6) is 0 Å². The van der Waals surface area contributed by atoms with Crippen LogP contribution in [0.25, 0.3) is 0 Å². The molecule has 1 aromatic rings. The maximum absolute atomic E-state index is 10.7. The number of aryl methyl sites for hydroxylation is 1. The first-order chi connectivity index (χ1) is 8.08. The lowest BCUT2D eigenvalue weighted by molar-refractivity contribution is 0.0661. The normalized spacial score (nSPS) is 12.6. The molecule has 1 aromatic heterocycles. The predicted molar refractivity (Wildman–Crippen MR) is 63.2 cm³/mol. The number of furan rings is 1. The number of carboxylic acids is 1. The summed E-state index contributed by atoms with van der Waals surface area (Å²) in [5.41, 5.74) is 0.872. The average Bonchev–Trinajstić information content (AvgIpc) is 2.66. The van der Waals surface area contributed by atoms with Gasteiger partial charge in [0.15, 0.2) is 0 Å². The van der Waals surface area contributed by atoms with Gasteiger partial charge < -0.3 is 19.6 Å². The molecule has 1 heterocycles. The quantitative estimate of drug-likeness (QED) is 0.761. The molecule has 96 valence electrons. The molecule has 1 rings (SSSR count). The summed E-state index contributed by atoms with van der Waals surface area (Å²) in [6.45, 7) is 5.06. The zero-order valence-corrected chi connectivity index (χ0v) is 10.4. The first-order valence-corrected chi connectivity index (χ1v) is 5.63. The number of hydrogen-bond donors (Lipinski definition) is 2. The van der Waals surface area contributed by atoms with E-state index in [9.17, 15) is 4.79 Å². The summed E-state index contributed by atoms with van der Waals surface area (Å²) in [6.07, 6.45) is 0.955. The first kappa shape index (κ1) is 13.7. The molecule has 5 heteroatoms. The number of hydrogen-bond acceptors (Lipinski definition) is 4. The summed E-state index contributed by atoms with van der Waals surface area (Å²) in [5, 5.41) is 12.1. The van der Waals surface area contributed by atoms with E-state index in [4.69, 9.17) is 14.3 Å². The first-order valence-electron chi connectivity index (χ1n) is 5.63. The highest BCUT2D eigenvalue weighted by Crippen LogP contribution is 2.14. The molecule has 0 aliphatic carbocycles. The molecule has 0 aliphatic heterocycles. The van der Waals surface area contributed by atoms with E-state index in [1.165, 1.54) is 0 Å². The van der Waals surface area contributed by atoms with Gasteiger partial charge in [-0.25, -0.2) is 4.79 Å². The van der Waals surface area contributed by atoms with Crippen molar-refractivity contribution < 1.29 is 19.1 Å². The Morgan fingerprint density at radius 3 is 2.82 bits per heavy atom. The molecule has 1 unspecified atom stereocenters.